The lowest BCUT2D eigenvalue weighted by Crippen LogP contribution is -2.20. The van der Waals surface area contributed by atoms with Gasteiger partial charge in [-0.2, -0.15) is 0 Å². The van der Waals surface area contributed by atoms with Crippen LogP contribution in [0.5, 0.6) is 5.75 Å². The van der Waals surface area contributed by atoms with Gasteiger partial charge in [0, 0.05) is 16.3 Å². The van der Waals surface area contributed by atoms with E-state index < -0.39 is 16.3 Å². The molecule has 1 heterocycles. The Morgan fingerprint density at radius 3 is 2.53 bits per heavy atom. The zero-order chi connectivity index (χ0) is 21.0. The topological polar surface area (TPSA) is 73.9 Å². The predicted molar refractivity (Wildman–Crippen MR) is 114 cm³/mol. The third-order valence-electron chi connectivity index (χ3n) is 4.46. The largest absolute Gasteiger partial charge is 0.491 e. The summed E-state index contributed by atoms with van der Waals surface area (Å²) in [4.78, 5) is 0.197. The van der Waals surface area contributed by atoms with E-state index in [9.17, 15) is 8.42 Å². The Bertz CT molecular complexity index is 1090. The lowest BCUT2D eigenvalue weighted by Gasteiger charge is -2.14. The first-order valence-corrected chi connectivity index (χ1v) is 11.2. The summed E-state index contributed by atoms with van der Waals surface area (Å²) in [7, 11) is -3.67. The van der Waals surface area contributed by atoms with E-state index in [4.69, 9.17) is 25.8 Å². The van der Waals surface area contributed by atoms with Gasteiger partial charge >= 0.3 is 0 Å². The summed E-state index contributed by atoms with van der Waals surface area (Å²) in [5.74, 6) is 0.698. The number of halogens is 1. The molecule has 0 spiro atoms. The van der Waals surface area contributed by atoms with Crippen LogP contribution in [-0.4, -0.2) is 27.7 Å². The van der Waals surface area contributed by atoms with Crippen molar-refractivity contribution >= 4 is 27.3 Å². The van der Waals surface area contributed by atoms with Gasteiger partial charge in [0.05, 0.1) is 11.5 Å². The second-order valence-corrected chi connectivity index (χ2v) is 8.85. The van der Waals surface area contributed by atoms with Crippen LogP contribution in [0, 0.1) is 0 Å². The third-order valence-corrected chi connectivity index (χ3v) is 6.11. The van der Waals surface area contributed by atoms with E-state index >= 15 is 0 Å². The molecule has 1 aliphatic heterocycles. The lowest BCUT2D eigenvalue weighted by atomic mass is 10.2. The van der Waals surface area contributed by atoms with Gasteiger partial charge in [-0.1, -0.05) is 41.9 Å². The number of sulfonamides is 1. The number of anilines is 1. The Hall–Kier alpha value is -2.58. The number of hydrogen-bond donors (Lipinski definition) is 1. The molecule has 156 valence electrons. The smallest absolute Gasteiger partial charge is 0.261 e. The van der Waals surface area contributed by atoms with Crippen LogP contribution in [0.1, 0.15) is 11.9 Å². The highest BCUT2D eigenvalue weighted by Crippen LogP contribution is 2.29. The van der Waals surface area contributed by atoms with E-state index in [0.717, 1.165) is 5.56 Å². The van der Waals surface area contributed by atoms with Crippen molar-refractivity contribution in [1.82, 2.24) is 0 Å². The molecule has 3 aromatic carbocycles. The van der Waals surface area contributed by atoms with Gasteiger partial charge in [-0.05, 0) is 48.5 Å². The second-order valence-electron chi connectivity index (χ2n) is 6.73. The van der Waals surface area contributed by atoms with E-state index in [1.807, 2.05) is 6.07 Å². The second kappa shape index (κ2) is 9.06. The molecule has 0 bridgehead atoms. The summed E-state index contributed by atoms with van der Waals surface area (Å²) in [6, 6.07) is 22.3. The SMILES string of the molecule is O=S(=O)(Nc1cccc([C@H]2OC[C@H](COc3ccc(Cl)cc3)O2)c1)c1ccccc1. The highest BCUT2D eigenvalue weighted by atomic mass is 35.5. The highest BCUT2D eigenvalue weighted by Gasteiger charge is 2.28. The first-order chi connectivity index (χ1) is 14.5. The molecule has 8 heteroatoms. The van der Waals surface area contributed by atoms with Gasteiger partial charge in [0.2, 0.25) is 0 Å². The number of rotatable bonds is 7. The van der Waals surface area contributed by atoms with Crippen LogP contribution in [-0.2, 0) is 19.5 Å². The Morgan fingerprint density at radius 2 is 1.77 bits per heavy atom. The molecular weight excluding hydrogens is 426 g/mol. The maximum absolute atomic E-state index is 12.5. The minimum atomic E-state index is -3.67. The molecule has 30 heavy (non-hydrogen) atoms. The van der Waals surface area contributed by atoms with Crippen molar-refractivity contribution < 1.29 is 22.6 Å². The van der Waals surface area contributed by atoms with Gasteiger partial charge in [-0.3, -0.25) is 4.72 Å². The number of ether oxygens (including phenoxy) is 3. The molecule has 0 aliphatic carbocycles. The predicted octanol–water partition coefficient (Wildman–Crippen LogP) is 4.63. The van der Waals surface area contributed by atoms with Gasteiger partial charge < -0.3 is 14.2 Å². The van der Waals surface area contributed by atoms with Crippen LogP contribution in [0.4, 0.5) is 5.69 Å². The molecule has 1 N–H and O–H groups in total. The van der Waals surface area contributed by atoms with Crippen LogP contribution in [0.15, 0.2) is 83.8 Å². The van der Waals surface area contributed by atoms with Crippen molar-refractivity contribution in [1.29, 1.82) is 0 Å². The van der Waals surface area contributed by atoms with Gasteiger partial charge in [0.15, 0.2) is 6.29 Å². The summed E-state index contributed by atoms with van der Waals surface area (Å²) < 4.78 is 45.0. The molecule has 1 fully saturated rings. The minimum Gasteiger partial charge on any atom is -0.491 e. The summed E-state index contributed by atoms with van der Waals surface area (Å²) in [5.41, 5.74) is 1.15. The minimum absolute atomic E-state index is 0.197. The zero-order valence-electron chi connectivity index (χ0n) is 15.9. The Morgan fingerprint density at radius 1 is 1.00 bits per heavy atom. The monoisotopic (exact) mass is 445 g/mol. The van der Waals surface area contributed by atoms with Crippen LogP contribution in [0.2, 0.25) is 5.02 Å². The Kier molecular flexibility index (Phi) is 6.24. The summed E-state index contributed by atoms with van der Waals surface area (Å²) in [6.07, 6.45) is -0.833. The van der Waals surface area contributed by atoms with E-state index in [2.05, 4.69) is 4.72 Å². The molecular formula is C22H20ClNO5S. The summed E-state index contributed by atoms with van der Waals surface area (Å²) in [5, 5.41) is 0.644. The van der Waals surface area contributed by atoms with Crippen molar-refractivity contribution in [3.8, 4) is 5.75 Å². The summed E-state index contributed by atoms with van der Waals surface area (Å²) >= 11 is 5.87. The van der Waals surface area contributed by atoms with Gasteiger partial charge in [0.1, 0.15) is 18.5 Å². The van der Waals surface area contributed by atoms with E-state index in [-0.39, 0.29) is 11.0 Å². The van der Waals surface area contributed by atoms with Crippen LogP contribution in [0.25, 0.3) is 0 Å². The average molecular weight is 446 g/mol. The fourth-order valence-electron chi connectivity index (χ4n) is 2.99. The van der Waals surface area contributed by atoms with Crippen molar-refractivity contribution in [2.45, 2.75) is 17.3 Å². The zero-order valence-corrected chi connectivity index (χ0v) is 17.5. The average Bonchev–Trinajstić information content (AvgIpc) is 3.23. The molecule has 1 saturated heterocycles. The molecule has 0 saturated carbocycles. The molecule has 2 atom stereocenters. The van der Waals surface area contributed by atoms with E-state index in [0.29, 0.717) is 29.7 Å². The maximum Gasteiger partial charge on any atom is 0.261 e. The number of nitrogens with one attached hydrogen (secondary N) is 1. The maximum atomic E-state index is 12.5. The molecule has 0 radical (unpaired) electrons. The Labute approximate surface area is 180 Å². The molecule has 1 aliphatic rings. The van der Waals surface area contributed by atoms with Crippen molar-refractivity contribution in [3.05, 3.63) is 89.4 Å². The third kappa shape index (κ3) is 5.12. The molecule has 0 aromatic heterocycles. The van der Waals surface area contributed by atoms with Crippen molar-refractivity contribution in [2.75, 3.05) is 17.9 Å². The van der Waals surface area contributed by atoms with Gasteiger partial charge in [-0.25, -0.2) is 8.42 Å². The molecule has 4 rings (SSSR count). The van der Waals surface area contributed by atoms with Crippen LogP contribution < -0.4 is 9.46 Å². The molecule has 0 unspecified atom stereocenters. The normalized spacial score (nSPS) is 18.8. The number of hydrogen-bond acceptors (Lipinski definition) is 5. The fraction of sp³-hybridized carbons (Fsp3) is 0.182. The molecule has 0 amide bonds. The van der Waals surface area contributed by atoms with Crippen molar-refractivity contribution in [2.24, 2.45) is 0 Å². The van der Waals surface area contributed by atoms with Crippen LogP contribution in [0.3, 0.4) is 0 Å². The number of benzene rings is 3. The Balaban J connectivity index is 1.37. The van der Waals surface area contributed by atoms with E-state index in [1.165, 1.54) is 0 Å². The van der Waals surface area contributed by atoms with Crippen molar-refractivity contribution in [3.63, 3.8) is 0 Å². The van der Waals surface area contributed by atoms with Crippen LogP contribution >= 0.6 is 11.6 Å². The van der Waals surface area contributed by atoms with E-state index in [1.54, 1.807) is 72.8 Å². The quantitative estimate of drug-likeness (QED) is 0.573. The standard InChI is InChI=1S/C22H20ClNO5S/c23-17-9-11-19(12-10-17)27-14-20-15-28-22(29-20)16-5-4-6-18(13-16)24-30(25,26)21-7-2-1-3-8-21/h1-13,20,22,24H,14-15H2/t20-,22-/m0/s1. The highest BCUT2D eigenvalue weighted by molar-refractivity contribution is 7.92. The fourth-order valence-corrected chi connectivity index (χ4v) is 4.19. The molecule has 3 aromatic rings. The van der Waals surface area contributed by atoms with Gasteiger partial charge in [0.25, 0.3) is 10.0 Å². The molecule has 6 nitrogen and oxygen atoms in total. The lowest BCUT2D eigenvalue weighted by molar-refractivity contribution is -0.0658. The first-order valence-electron chi connectivity index (χ1n) is 9.33. The van der Waals surface area contributed by atoms with Gasteiger partial charge in [-0.15, -0.1) is 0 Å². The summed E-state index contributed by atoms with van der Waals surface area (Å²) in [6.45, 7) is 0.705. The first kappa shape index (κ1) is 20.7.